The van der Waals surface area contributed by atoms with Crippen LogP contribution in [0.4, 0.5) is 0 Å². The van der Waals surface area contributed by atoms with Crippen LogP contribution in [0.2, 0.25) is 0 Å². The summed E-state index contributed by atoms with van der Waals surface area (Å²) in [4.78, 5) is 21.1. The van der Waals surface area contributed by atoms with Crippen molar-refractivity contribution in [2.45, 2.75) is 6.42 Å². The Bertz CT molecular complexity index is 600. The fourth-order valence-corrected chi connectivity index (χ4v) is 1.78. The Morgan fingerprint density at radius 2 is 1.26 bits per heavy atom. The Kier molecular flexibility index (Phi) is 4.04. The number of hydrogen-bond acceptors (Lipinski definition) is 2. The van der Waals surface area contributed by atoms with Crippen LogP contribution in [-0.2, 0) is 9.59 Å². The molecule has 0 atom stereocenters. The summed E-state index contributed by atoms with van der Waals surface area (Å²) in [5.74, 6) is -0.172. The molecule has 2 aromatic rings. The van der Waals surface area contributed by atoms with Crippen LogP contribution in [0.3, 0.4) is 0 Å². The highest BCUT2D eigenvalue weighted by Crippen LogP contribution is 2.11. The van der Waals surface area contributed by atoms with Gasteiger partial charge in [-0.25, -0.2) is 0 Å². The highest BCUT2D eigenvalue weighted by Gasteiger charge is 2.12. The van der Waals surface area contributed by atoms with Gasteiger partial charge in [0.25, 0.3) is 0 Å². The Morgan fingerprint density at radius 1 is 0.789 bits per heavy atom. The van der Waals surface area contributed by atoms with Gasteiger partial charge in [0.2, 0.25) is 0 Å². The maximum Gasteiger partial charge on any atom is 0.181 e. The SMILES string of the molecule is C=C1CC(=O)C=CC1=O.c1ccc2ccccc2c1. The minimum absolute atomic E-state index is 0.0420. The van der Waals surface area contributed by atoms with Gasteiger partial charge in [-0.1, -0.05) is 55.1 Å². The van der Waals surface area contributed by atoms with Crippen LogP contribution < -0.4 is 0 Å². The molecule has 3 rings (SSSR count). The first-order chi connectivity index (χ1) is 9.16. The van der Waals surface area contributed by atoms with Gasteiger partial charge in [0.05, 0.1) is 0 Å². The number of carbonyl (C=O) groups excluding carboxylic acids is 2. The van der Waals surface area contributed by atoms with E-state index in [1.165, 1.54) is 22.9 Å². The van der Waals surface area contributed by atoms with Crippen molar-refractivity contribution in [3.63, 3.8) is 0 Å². The quantitative estimate of drug-likeness (QED) is 0.671. The molecule has 0 bridgehead atoms. The van der Waals surface area contributed by atoms with Gasteiger partial charge in [-0.05, 0) is 28.5 Å². The van der Waals surface area contributed by atoms with Gasteiger partial charge in [-0.3, -0.25) is 9.59 Å². The van der Waals surface area contributed by atoms with Gasteiger partial charge < -0.3 is 0 Å². The number of ketones is 2. The second-order valence-electron chi connectivity index (χ2n) is 4.29. The van der Waals surface area contributed by atoms with Crippen molar-refractivity contribution < 1.29 is 9.59 Å². The van der Waals surface area contributed by atoms with Gasteiger partial charge in [0.15, 0.2) is 11.6 Å². The lowest BCUT2D eigenvalue weighted by Gasteiger charge is -2.01. The molecule has 94 valence electrons. The molecular weight excluding hydrogens is 236 g/mol. The summed E-state index contributed by atoms with van der Waals surface area (Å²) >= 11 is 0. The average Bonchev–Trinajstić information content (AvgIpc) is 2.44. The zero-order valence-electron chi connectivity index (χ0n) is 10.5. The van der Waals surface area contributed by atoms with E-state index in [0.717, 1.165) is 0 Å². The average molecular weight is 250 g/mol. The van der Waals surface area contributed by atoms with Crippen LogP contribution in [0, 0.1) is 0 Å². The first kappa shape index (κ1) is 13.0. The number of benzene rings is 2. The van der Waals surface area contributed by atoms with Crippen molar-refractivity contribution in [3.05, 3.63) is 72.8 Å². The molecule has 1 aliphatic rings. The first-order valence-electron chi connectivity index (χ1n) is 6.03. The minimum atomic E-state index is -0.130. The van der Waals surface area contributed by atoms with E-state index in [2.05, 4.69) is 55.1 Å². The summed E-state index contributed by atoms with van der Waals surface area (Å²) < 4.78 is 0. The smallest absolute Gasteiger partial charge is 0.181 e. The van der Waals surface area contributed by atoms with Crippen LogP contribution in [0.1, 0.15) is 6.42 Å². The summed E-state index contributed by atoms with van der Waals surface area (Å²) in [7, 11) is 0. The van der Waals surface area contributed by atoms with Crippen molar-refractivity contribution in [1.29, 1.82) is 0 Å². The molecule has 0 saturated heterocycles. The lowest BCUT2D eigenvalue weighted by atomic mass is 10.0. The molecule has 19 heavy (non-hydrogen) atoms. The van der Waals surface area contributed by atoms with E-state index in [0.29, 0.717) is 5.57 Å². The van der Waals surface area contributed by atoms with Gasteiger partial charge in [-0.15, -0.1) is 0 Å². The van der Waals surface area contributed by atoms with Crippen molar-refractivity contribution in [2.75, 3.05) is 0 Å². The molecule has 0 spiro atoms. The van der Waals surface area contributed by atoms with Crippen molar-refractivity contribution in [3.8, 4) is 0 Å². The largest absolute Gasteiger partial charge is 0.294 e. The van der Waals surface area contributed by atoms with Crippen LogP contribution >= 0.6 is 0 Å². The Hall–Kier alpha value is -2.48. The predicted octanol–water partition coefficient (Wildman–Crippen LogP) is 3.48. The van der Waals surface area contributed by atoms with E-state index in [9.17, 15) is 9.59 Å². The molecule has 0 N–H and O–H groups in total. The summed E-state index contributed by atoms with van der Waals surface area (Å²) in [6.07, 6.45) is 2.74. The third kappa shape index (κ3) is 3.49. The van der Waals surface area contributed by atoms with Crippen LogP contribution in [0.5, 0.6) is 0 Å². The number of rotatable bonds is 0. The fourth-order valence-electron chi connectivity index (χ4n) is 1.78. The molecule has 2 nitrogen and oxygen atoms in total. The Balaban J connectivity index is 0.000000141. The summed E-state index contributed by atoms with van der Waals surface area (Å²) in [6.45, 7) is 3.42. The summed E-state index contributed by atoms with van der Waals surface area (Å²) in [5, 5.41) is 2.62. The van der Waals surface area contributed by atoms with Crippen LogP contribution in [0.15, 0.2) is 72.8 Å². The second kappa shape index (κ2) is 5.91. The Morgan fingerprint density at radius 3 is 1.63 bits per heavy atom. The molecule has 0 saturated carbocycles. The maximum absolute atomic E-state index is 10.6. The van der Waals surface area contributed by atoms with E-state index < -0.39 is 0 Å². The summed E-state index contributed by atoms with van der Waals surface area (Å²) in [5.41, 5.74) is 0.391. The number of fused-ring (bicyclic) bond motifs is 1. The minimum Gasteiger partial charge on any atom is -0.294 e. The number of hydrogen-bond donors (Lipinski definition) is 0. The molecule has 0 aromatic heterocycles. The van der Waals surface area contributed by atoms with E-state index in [4.69, 9.17) is 0 Å². The van der Waals surface area contributed by atoms with E-state index >= 15 is 0 Å². The molecule has 0 fully saturated rings. The molecule has 0 amide bonds. The van der Waals surface area contributed by atoms with E-state index in [1.807, 2.05) is 0 Å². The predicted molar refractivity (Wildman–Crippen MR) is 76.9 cm³/mol. The van der Waals surface area contributed by atoms with Gasteiger partial charge >= 0.3 is 0 Å². The van der Waals surface area contributed by atoms with Crippen molar-refractivity contribution >= 4 is 22.3 Å². The highest BCUT2D eigenvalue weighted by atomic mass is 16.1. The molecule has 0 unspecified atom stereocenters. The third-order valence-electron chi connectivity index (χ3n) is 2.82. The lowest BCUT2D eigenvalue weighted by molar-refractivity contribution is -0.118. The molecule has 1 aliphatic carbocycles. The van der Waals surface area contributed by atoms with Crippen molar-refractivity contribution in [1.82, 2.24) is 0 Å². The molecule has 2 heteroatoms. The van der Waals surface area contributed by atoms with Crippen LogP contribution in [-0.4, -0.2) is 11.6 Å². The van der Waals surface area contributed by atoms with E-state index in [-0.39, 0.29) is 18.0 Å². The third-order valence-corrected chi connectivity index (χ3v) is 2.82. The first-order valence-corrected chi connectivity index (χ1v) is 6.03. The molecule has 0 heterocycles. The maximum atomic E-state index is 10.6. The topological polar surface area (TPSA) is 34.1 Å². The molecule has 0 aliphatic heterocycles. The second-order valence-corrected chi connectivity index (χ2v) is 4.29. The lowest BCUT2D eigenvalue weighted by Crippen LogP contribution is -2.08. The van der Waals surface area contributed by atoms with Gasteiger partial charge in [0.1, 0.15) is 0 Å². The molecule has 0 radical (unpaired) electrons. The van der Waals surface area contributed by atoms with E-state index in [1.54, 1.807) is 0 Å². The normalized spacial score (nSPS) is 14.2. The van der Waals surface area contributed by atoms with Gasteiger partial charge in [-0.2, -0.15) is 0 Å². The molecule has 2 aromatic carbocycles. The van der Waals surface area contributed by atoms with Crippen LogP contribution in [0.25, 0.3) is 10.8 Å². The zero-order chi connectivity index (χ0) is 13.7. The fraction of sp³-hybridized carbons (Fsp3) is 0.0588. The Labute approximate surface area is 112 Å². The zero-order valence-corrected chi connectivity index (χ0v) is 10.5. The number of carbonyl (C=O) groups is 2. The standard InChI is InChI=1S/C10H8.C7H6O2/c1-2-6-10-8-4-3-7-9(10)5-1;1-5-4-6(8)2-3-7(5)9/h1-8H;2-3H,1,4H2. The monoisotopic (exact) mass is 250 g/mol. The molecular formula is C17H14O2. The summed E-state index contributed by atoms with van der Waals surface area (Å²) in [6, 6.07) is 16.7. The highest BCUT2D eigenvalue weighted by molar-refractivity contribution is 6.14. The van der Waals surface area contributed by atoms with Crippen molar-refractivity contribution in [2.24, 2.45) is 0 Å². The number of allylic oxidation sites excluding steroid dienone is 3. The van der Waals surface area contributed by atoms with Gasteiger partial charge in [0, 0.05) is 6.42 Å².